The van der Waals surface area contributed by atoms with Crippen LogP contribution in [0.5, 0.6) is 0 Å². The Morgan fingerprint density at radius 3 is 2.95 bits per heavy atom. The smallest absolute Gasteiger partial charge is 0.123 e. The molecule has 0 fully saturated rings. The highest BCUT2D eigenvalue weighted by Gasteiger charge is 2.22. The lowest BCUT2D eigenvalue weighted by Crippen LogP contribution is -2.20. The van der Waals surface area contributed by atoms with Gasteiger partial charge in [-0.3, -0.25) is 4.68 Å². The SMILES string of the molecule is CCn1ncc(Br)c1C(NC)c1cc2cc(F)ccc2s1. The van der Waals surface area contributed by atoms with Crippen LogP contribution in [0.2, 0.25) is 0 Å². The predicted molar refractivity (Wildman–Crippen MR) is 88.3 cm³/mol. The molecule has 0 saturated carbocycles. The molecule has 0 spiro atoms. The van der Waals surface area contributed by atoms with Crippen molar-refractivity contribution in [3.63, 3.8) is 0 Å². The van der Waals surface area contributed by atoms with Crippen LogP contribution in [0.3, 0.4) is 0 Å². The maximum atomic E-state index is 13.4. The second-order valence-electron chi connectivity index (χ2n) is 4.75. The molecule has 2 aromatic heterocycles. The Bertz CT molecular complexity index is 780. The van der Waals surface area contributed by atoms with Crippen molar-refractivity contribution < 1.29 is 4.39 Å². The van der Waals surface area contributed by atoms with Crippen LogP contribution in [0, 0.1) is 5.82 Å². The second kappa shape index (κ2) is 5.87. The van der Waals surface area contributed by atoms with Gasteiger partial charge in [0.25, 0.3) is 0 Å². The summed E-state index contributed by atoms with van der Waals surface area (Å²) in [5, 5.41) is 8.65. The largest absolute Gasteiger partial charge is 0.307 e. The van der Waals surface area contributed by atoms with Crippen LogP contribution in [0.4, 0.5) is 4.39 Å². The van der Waals surface area contributed by atoms with Crippen LogP contribution < -0.4 is 5.32 Å². The Labute approximate surface area is 134 Å². The lowest BCUT2D eigenvalue weighted by Gasteiger charge is -2.16. The summed E-state index contributed by atoms with van der Waals surface area (Å²) >= 11 is 5.25. The molecule has 3 nitrogen and oxygen atoms in total. The van der Waals surface area contributed by atoms with Crippen LogP contribution in [0.15, 0.2) is 34.9 Å². The molecule has 0 aliphatic heterocycles. The van der Waals surface area contributed by atoms with E-state index >= 15 is 0 Å². The molecule has 0 aliphatic carbocycles. The summed E-state index contributed by atoms with van der Waals surface area (Å²) in [7, 11) is 1.93. The Morgan fingerprint density at radius 2 is 2.24 bits per heavy atom. The summed E-state index contributed by atoms with van der Waals surface area (Å²) < 4.78 is 17.4. The van der Waals surface area contributed by atoms with Crippen molar-refractivity contribution >= 4 is 37.4 Å². The van der Waals surface area contributed by atoms with Gasteiger partial charge in [0.15, 0.2) is 0 Å². The van der Waals surface area contributed by atoms with E-state index in [1.165, 1.54) is 6.07 Å². The Morgan fingerprint density at radius 1 is 1.43 bits per heavy atom. The van der Waals surface area contributed by atoms with Crippen LogP contribution in [-0.4, -0.2) is 16.8 Å². The number of nitrogens with zero attached hydrogens (tertiary/aromatic N) is 2. The van der Waals surface area contributed by atoms with Gasteiger partial charge in [-0.05, 0) is 59.6 Å². The van der Waals surface area contributed by atoms with E-state index in [0.29, 0.717) is 0 Å². The number of hydrogen-bond donors (Lipinski definition) is 1. The number of halogens is 2. The summed E-state index contributed by atoms with van der Waals surface area (Å²) in [5.41, 5.74) is 1.09. The molecule has 2 heterocycles. The third kappa shape index (κ3) is 2.63. The zero-order valence-electron chi connectivity index (χ0n) is 11.7. The molecule has 0 amide bonds. The molecule has 1 atom stereocenters. The average Bonchev–Trinajstić information content (AvgIpc) is 3.04. The molecule has 1 N–H and O–H groups in total. The van der Waals surface area contributed by atoms with Gasteiger partial charge in [0.1, 0.15) is 5.82 Å². The van der Waals surface area contributed by atoms with Crippen LogP contribution in [0.25, 0.3) is 10.1 Å². The van der Waals surface area contributed by atoms with Crippen molar-refractivity contribution in [1.82, 2.24) is 15.1 Å². The maximum Gasteiger partial charge on any atom is 0.123 e. The third-order valence-corrected chi connectivity index (χ3v) is 5.27. The fraction of sp³-hybridized carbons (Fsp3) is 0.267. The van der Waals surface area contributed by atoms with E-state index < -0.39 is 0 Å². The van der Waals surface area contributed by atoms with Gasteiger partial charge in [-0.15, -0.1) is 11.3 Å². The summed E-state index contributed by atoms with van der Waals surface area (Å²) in [6.45, 7) is 2.87. The fourth-order valence-corrected chi connectivity index (χ4v) is 4.19. The first-order chi connectivity index (χ1) is 10.1. The summed E-state index contributed by atoms with van der Waals surface area (Å²) in [5.74, 6) is -0.201. The van der Waals surface area contributed by atoms with E-state index in [2.05, 4.69) is 33.3 Å². The normalized spacial score (nSPS) is 13.0. The quantitative estimate of drug-likeness (QED) is 0.743. The topological polar surface area (TPSA) is 29.9 Å². The monoisotopic (exact) mass is 367 g/mol. The molecule has 1 aromatic carbocycles. The maximum absolute atomic E-state index is 13.4. The molecular weight excluding hydrogens is 353 g/mol. The Kier molecular flexibility index (Phi) is 4.10. The van der Waals surface area contributed by atoms with Crippen molar-refractivity contribution in [2.45, 2.75) is 19.5 Å². The number of thiophene rings is 1. The first kappa shape index (κ1) is 14.7. The van der Waals surface area contributed by atoms with Gasteiger partial charge in [-0.25, -0.2) is 4.39 Å². The van der Waals surface area contributed by atoms with Gasteiger partial charge in [-0.2, -0.15) is 5.10 Å². The molecule has 21 heavy (non-hydrogen) atoms. The van der Waals surface area contributed by atoms with E-state index in [9.17, 15) is 4.39 Å². The molecule has 3 aromatic rings. The predicted octanol–water partition coefficient (Wildman–Crippen LogP) is 4.33. The van der Waals surface area contributed by atoms with Crippen molar-refractivity contribution in [2.24, 2.45) is 0 Å². The summed E-state index contributed by atoms with van der Waals surface area (Å²) in [6.07, 6.45) is 1.82. The lowest BCUT2D eigenvalue weighted by atomic mass is 10.1. The van der Waals surface area contributed by atoms with Crippen molar-refractivity contribution in [3.8, 4) is 0 Å². The van der Waals surface area contributed by atoms with E-state index in [1.54, 1.807) is 17.4 Å². The van der Waals surface area contributed by atoms with Crippen molar-refractivity contribution in [3.05, 3.63) is 51.3 Å². The minimum atomic E-state index is -0.201. The van der Waals surface area contributed by atoms with E-state index in [-0.39, 0.29) is 11.9 Å². The molecule has 3 rings (SSSR count). The first-order valence-electron chi connectivity index (χ1n) is 6.71. The second-order valence-corrected chi connectivity index (χ2v) is 6.72. The first-order valence-corrected chi connectivity index (χ1v) is 8.32. The number of rotatable bonds is 4. The number of aryl methyl sites for hydroxylation is 1. The standard InChI is InChI=1S/C15H15BrFN3S/c1-3-20-15(11(16)8-19-20)14(18-2)13-7-9-6-10(17)4-5-12(9)21-13/h4-8,14,18H,3H2,1-2H3. The van der Waals surface area contributed by atoms with Crippen LogP contribution in [0.1, 0.15) is 23.5 Å². The van der Waals surface area contributed by atoms with E-state index in [0.717, 1.165) is 31.7 Å². The zero-order chi connectivity index (χ0) is 15.0. The van der Waals surface area contributed by atoms with Gasteiger partial charge < -0.3 is 5.32 Å². The van der Waals surface area contributed by atoms with Gasteiger partial charge in [0.2, 0.25) is 0 Å². The Hall–Kier alpha value is -1.24. The molecule has 0 radical (unpaired) electrons. The fourth-order valence-electron chi connectivity index (χ4n) is 2.50. The van der Waals surface area contributed by atoms with Crippen molar-refractivity contribution in [1.29, 1.82) is 0 Å². The van der Waals surface area contributed by atoms with Crippen LogP contribution >= 0.6 is 27.3 Å². The highest BCUT2D eigenvalue weighted by atomic mass is 79.9. The van der Waals surface area contributed by atoms with Gasteiger partial charge in [0.05, 0.1) is 22.4 Å². The molecule has 1 unspecified atom stereocenters. The minimum Gasteiger partial charge on any atom is -0.307 e. The van der Waals surface area contributed by atoms with E-state index in [4.69, 9.17) is 0 Å². The minimum absolute atomic E-state index is 0.0299. The van der Waals surface area contributed by atoms with Gasteiger partial charge in [-0.1, -0.05) is 0 Å². The number of nitrogens with one attached hydrogen (secondary N) is 1. The zero-order valence-corrected chi connectivity index (χ0v) is 14.1. The van der Waals surface area contributed by atoms with Gasteiger partial charge >= 0.3 is 0 Å². The average molecular weight is 368 g/mol. The van der Waals surface area contributed by atoms with Gasteiger partial charge in [0, 0.05) is 16.1 Å². The van der Waals surface area contributed by atoms with Crippen molar-refractivity contribution in [2.75, 3.05) is 7.05 Å². The molecule has 0 bridgehead atoms. The summed E-state index contributed by atoms with van der Waals surface area (Å²) in [4.78, 5) is 1.15. The third-order valence-electron chi connectivity index (χ3n) is 3.48. The lowest BCUT2D eigenvalue weighted by molar-refractivity contribution is 0.566. The number of aromatic nitrogens is 2. The van der Waals surface area contributed by atoms with E-state index in [1.807, 2.05) is 30.1 Å². The molecule has 0 aliphatic rings. The number of fused-ring (bicyclic) bond motifs is 1. The highest BCUT2D eigenvalue weighted by molar-refractivity contribution is 9.10. The molecule has 6 heteroatoms. The molecule has 0 saturated heterocycles. The number of hydrogen-bond acceptors (Lipinski definition) is 3. The van der Waals surface area contributed by atoms with Crippen LogP contribution in [-0.2, 0) is 6.54 Å². The molecule has 110 valence electrons. The highest BCUT2D eigenvalue weighted by Crippen LogP contribution is 2.35. The Balaban J connectivity index is 2.11. The number of benzene rings is 1. The summed E-state index contributed by atoms with van der Waals surface area (Å²) in [6, 6.07) is 6.99. The molecular formula is C15H15BrFN3S.